The number of ether oxygens (including phenoxy) is 3. The normalized spacial score (nSPS) is 17.8. The standard InChI is InChI=1S/C25H31NO4.C2H6/c1-5-6-14-28-22-15-18(2)25(19(3)16-22)30-24-9-7-8-23(24)29-21-12-10-20(11-13-21)17-26-27-4;1-2/h5-6,10-13,15-17,23-24H,7-9,14H2,1-4H3;1-2H3/b6-5+,26-17-;. The van der Waals surface area contributed by atoms with Gasteiger partial charge in [-0.1, -0.05) is 31.2 Å². The molecule has 5 heteroatoms. The summed E-state index contributed by atoms with van der Waals surface area (Å²) in [6.07, 6.45) is 8.78. The molecule has 0 heterocycles. The fourth-order valence-electron chi connectivity index (χ4n) is 3.65. The third-order valence-corrected chi connectivity index (χ3v) is 5.15. The Kier molecular flexibility index (Phi) is 10.6. The van der Waals surface area contributed by atoms with Crippen molar-refractivity contribution in [2.24, 2.45) is 5.16 Å². The fraction of sp³-hybridized carbons (Fsp3) is 0.444. The van der Waals surface area contributed by atoms with Crippen LogP contribution in [0.3, 0.4) is 0 Å². The number of oxime groups is 1. The fourth-order valence-corrected chi connectivity index (χ4v) is 3.65. The Morgan fingerprint density at radius 3 is 2.16 bits per heavy atom. The second kappa shape index (κ2) is 13.5. The average Bonchev–Trinajstić information content (AvgIpc) is 3.24. The smallest absolute Gasteiger partial charge is 0.135 e. The van der Waals surface area contributed by atoms with Gasteiger partial charge in [0.25, 0.3) is 0 Å². The summed E-state index contributed by atoms with van der Waals surface area (Å²) in [5, 5.41) is 3.78. The van der Waals surface area contributed by atoms with E-state index in [0.717, 1.165) is 53.2 Å². The van der Waals surface area contributed by atoms with Crippen molar-refractivity contribution in [3.63, 3.8) is 0 Å². The molecule has 0 spiro atoms. The van der Waals surface area contributed by atoms with Gasteiger partial charge in [-0.2, -0.15) is 0 Å². The summed E-state index contributed by atoms with van der Waals surface area (Å²) in [5.74, 6) is 2.64. The number of rotatable bonds is 9. The van der Waals surface area contributed by atoms with Gasteiger partial charge in [0, 0.05) is 0 Å². The van der Waals surface area contributed by atoms with Crippen molar-refractivity contribution in [2.75, 3.05) is 13.7 Å². The van der Waals surface area contributed by atoms with Crippen LogP contribution in [-0.4, -0.2) is 32.1 Å². The van der Waals surface area contributed by atoms with E-state index in [-0.39, 0.29) is 12.2 Å². The molecule has 0 amide bonds. The summed E-state index contributed by atoms with van der Waals surface area (Å²) in [6.45, 7) is 10.7. The van der Waals surface area contributed by atoms with Crippen molar-refractivity contribution in [3.05, 3.63) is 65.2 Å². The SMILES string of the molecule is C/C=C/COc1cc(C)c(OC2CCCC2Oc2ccc(/C=N\OC)cc2)c(C)c1.CC. The molecular weight excluding hydrogens is 402 g/mol. The molecule has 2 atom stereocenters. The minimum absolute atomic E-state index is 0.0342. The Hall–Kier alpha value is -2.95. The quantitative estimate of drug-likeness (QED) is 0.249. The van der Waals surface area contributed by atoms with Crippen molar-refractivity contribution in [1.29, 1.82) is 0 Å². The van der Waals surface area contributed by atoms with Gasteiger partial charge in [0.2, 0.25) is 0 Å². The van der Waals surface area contributed by atoms with Crippen molar-refractivity contribution >= 4 is 6.21 Å². The molecule has 1 aliphatic rings. The van der Waals surface area contributed by atoms with Gasteiger partial charge in [0.1, 0.15) is 43.2 Å². The van der Waals surface area contributed by atoms with E-state index < -0.39 is 0 Å². The lowest BCUT2D eigenvalue weighted by Crippen LogP contribution is -2.31. The van der Waals surface area contributed by atoms with Crippen LogP contribution in [0.2, 0.25) is 0 Å². The highest BCUT2D eigenvalue weighted by Crippen LogP contribution is 2.34. The van der Waals surface area contributed by atoms with Crippen LogP contribution in [0.1, 0.15) is 56.7 Å². The summed E-state index contributed by atoms with van der Waals surface area (Å²) in [6, 6.07) is 11.9. The number of nitrogens with zero attached hydrogens (tertiary/aromatic N) is 1. The van der Waals surface area contributed by atoms with Crippen LogP contribution in [0.5, 0.6) is 17.2 Å². The Bertz CT molecular complexity index is 851. The first kappa shape index (κ1) is 25.3. The first-order valence-electron chi connectivity index (χ1n) is 11.5. The highest BCUT2D eigenvalue weighted by Gasteiger charge is 2.31. The van der Waals surface area contributed by atoms with Crippen molar-refractivity contribution < 1.29 is 19.0 Å². The number of hydrogen-bond acceptors (Lipinski definition) is 5. The molecule has 0 aromatic heterocycles. The summed E-state index contributed by atoms with van der Waals surface area (Å²) in [5.41, 5.74) is 3.13. The summed E-state index contributed by atoms with van der Waals surface area (Å²) >= 11 is 0. The van der Waals surface area contributed by atoms with Gasteiger partial charge < -0.3 is 19.0 Å². The third-order valence-electron chi connectivity index (χ3n) is 5.15. The van der Waals surface area contributed by atoms with E-state index in [1.807, 2.05) is 69.3 Å². The van der Waals surface area contributed by atoms with E-state index >= 15 is 0 Å². The van der Waals surface area contributed by atoms with E-state index in [1.54, 1.807) is 6.21 Å². The lowest BCUT2D eigenvalue weighted by atomic mass is 10.1. The zero-order valence-electron chi connectivity index (χ0n) is 20.3. The van der Waals surface area contributed by atoms with E-state index in [2.05, 4.69) is 19.0 Å². The summed E-state index contributed by atoms with van der Waals surface area (Å²) < 4.78 is 18.5. The molecule has 0 radical (unpaired) electrons. The molecule has 1 saturated carbocycles. The van der Waals surface area contributed by atoms with Crippen LogP contribution >= 0.6 is 0 Å². The number of benzene rings is 2. The Morgan fingerprint density at radius 1 is 0.938 bits per heavy atom. The topological polar surface area (TPSA) is 49.3 Å². The van der Waals surface area contributed by atoms with Crippen LogP contribution in [0.15, 0.2) is 53.7 Å². The Balaban J connectivity index is 0.00000176. The summed E-state index contributed by atoms with van der Waals surface area (Å²) in [7, 11) is 1.53. The van der Waals surface area contributed by atoms with Crippen LogP contribution in [-0.2, 0) is 4.84 Å². The molecule has 5 nitrogen and oxygen atoms in total. The Morgan fingerprint density at radius 2 is 1.56 bits per heavy atom. The van der Waals surface area contributed by atoms with Gasteiger partial charge >= 0.3 is 0 Å². The number of aryl methyl sites for hydroxylation is 2. The largest absolute Gasteiger partial charge is 0.490 e. The maximum absolute atomic E-state index is 6.45. The van der Waals surface area contributed by atoms with Crippen LogP contribution < -0.4 is 14.2 Å². The molecule has 0 saturated heterocycles. The molecule has 3 rings (SSSR count). The maximum atomic E-state index is 6.45. The van der Waals surface area contributed by atoms with Crippen molar-refractivity contribution in [1.82, 2.24) is 0 Å². The van der Waals surface area contributed by atoms with Gasteiger partial charge in [-0.3, -0.25) is 0 Å². The predicted molar refractivity (Wildman–Crippen MR) is 131 cm³/mol. The van der Waals surface area contributed by atoms with Gasteiger partial charge in [0.15, 0.2) is 0 Å². The minimum atomic E-state index is 0.0342. The van der Waals surface area contributed by atoms with E-state index in [0.29, 0.717) is 6.61 Å². The van der Waals surface area contributed by atoms with Gasteiger partial charge in [-0.15, -0.1) is 0 Å². The Labute approximate surface area is 193 Å². The minimum Gasteiger partial charge on any atom is -0.490 e. The monoisotopic (exact) mass is 439 g/mol. The van der Waals surface area contributed by atoms with Crippen LogP contribution in [0.4, 0.5) is 0 Å². The van der Waals surface area contributed by atoms with Crippen molar-refractivity contribution in [3.8, 4) is 17.2 Å². The molecule has 1 fully saturated rings. The average molecular weight is 440 g/mol. The zero-order valence-corrected chi connectivity index (χ0v) is 20.3. The molecule has 0 bridgehead atoms. The highest BCUT2D eigenvalue weighted by molar-refractivity contribution is 5.79. The van der Waals surface area contributed by atoms with Crippen LogP contribution in [0.25, 0.3) is 0 Å². The molecule has 2 unspecified atom stereocenters. The highest BCUT2D eigenvalue weighted by atomic mass is 16.6. The molecule has 32 heavy (non-hydrogen) atoms. The number of hydrogen-bond donors (Lipinski definition) is 0. The zero-order chi connectivity index (χ0) is 23.3. The molecule has 2 aromatic rings. The van der Waals surface area contributed by atoms with Crippen molar-refractivity contribution in [2.45, 2.75) is 66.1 Å². The number of allylic oxidation sites excluding steroid dienone is 1. The van der Waals surface area contributed by atoms with Gasteiger partial charge in [-0.05, 0) is 93.1 Å². The second-order valence-corrected chi connectivity index (χ2v) is 7.50. The molecular formula is C27H37NO4. The van der Waals surface area contributed by atoms with Gasteiger partial charge in [-0.25, -0.2) is 0 Å². The summed E-state index contributed by atoms with van der Waals surface area (Å²) in [4.78, 5) is 4.72. The third kappa shape index (κ3) is 7.33. The van der Waals surface area contributed by atoms with Crippen LogP contribution in [0, 0.1) is 13.8 Å². The second-order valence-electron chi connectivity index (χ2n) is 7.50. The van der Waals surface area contributed by atoms with E-state index in [4.69, 9.17) is 19.0 Å². The first-order chi connectivity index (χ1) is 15.6. The predicted octanol–water partition coefficient (Wildman–Crippen LogP) is 6.64. The first-order valence-corrected chi connectivity index (χ1v) is 11.5. The maximum Gasteiger partial charge on any atom is 0.135 e. The molecule has 0 aliphatic heterocycles. The molecule has 2 aromatic carbocycles. The molecule has 0 N–H and O–H groups in total. The lowest BCUT2D eigenvalue weighted by molar-refractivity contribution is 0.0769. The van der Waals surface area contributed by atoms with E-state index in [1.165, 1.54) is 7.11 Å². The molecule has 1 aliphatic carbocycles. The lowest BCUT2D eigenvalue weighted by Gasteiger charge is -2.24. The van der Waals surface area contributed by atoms with E-state index in [9.17, 15) is 0 Å². The molecule has 174 valence electrons. The van der Waals surface area contributed by atoms with Gasteiger partial charge in [0.05, 0.1) is 6.21 Å².